The topological polar surface area (TPSA) is 66.9 Å². The van der Waals surface area contributed by atoms with Gasteiger partial charge >= 0.3 is 0 Å². The number of nitrogens with zero attached hydrogens (tertiary/aromatic N) is 2. The molecule has 2 fully saturated rings. The molecule has 2 unspecified atom stereocenters. The highest BCUT2D eigenvalue weighted by molar-refractivity contribution is 6.38. The fourth-order valence-corrected chi connectivity index (χ4v) is 4.07. The molecule has 29 heavy (non-hydrogen) atoms. The summed E-state index contributed by atoms with van der Waals surface area (Å²) in [4.78, 5) is 42.1. The Kier molecular flexibility index (Phi) is 6.73. The molecule has 6 heteroatoms. The minimum absolute atomic E-state index is 0.0558. The number of benzene rings is 1. The highest BCUT2D eigenvalue weighted by atomic mass is 16.5. The van der Waals surface area contributed by atoms with Crippen molar-refractivity contribution in [3.05, 3.63) is 35.9 Å². The van der Waals surface area contributed by atoms with Gasteiger partial charge in [0.1, 0.15) is 6.04 Å². The maximum atomic E-state index is 13.0. The molecule has 1 aromatic rings. The molecule has 0 radical (unpaired) electrons. The summed E-state index contributed by atoms with van der Waals surface area (Å²) in [6.45, 7) is 7.46. The van der Waals surface area contributed by atoms with Gasteiger partial charge in [0.25, 0.3) is 5.91 Å². The molecule has 2 aliphatic heterocycles. The molecule has 158 valence electrons. The SMILES string of the molecule is CCC(C)(C)C(=O)C(=O)N1C2CCCC1C(=O)N(CCOCc1ccccc1)C2. The molecule has 2 aliphatic rings. The number of hydrogen-bond acceptors (Lipinski definition) is 4. The van der Waals surface area contributed by atoms with E-state index in [4.69, 9.17) is 4.74 Å². The van der Waals surface area contributed by atoms with Gasteiger partial charge in [-0.25, -0.2) is 0 Å². The lowest BCUT2D eigenvalue weighted by atomic mass is 9.82. The number of piperazine rings is 1. The summed E-state index contributed by atoms with van der Waals surface area (Å²) < 4.78 is 5.74. The molecule has 1 aromatic carbocycles. The molecule has 6 nitrogen and oxygen atoms in total. The average molecular weight is 401 g/mol. The lowest BCUT2D eigenvalue weighted by Crippen LogP contribution is -2.67. The fourth-order valence-electron chi connectivity index (χ4n) is 4.07. The van der Waals surface area contributed by atoms with Gasteiger partial charge in [-0.3, -0.25) is 14.4 Å². The number of piperidine rings is 1. The lowest BCUT2D eigenvalue weighted by Gasteiger charge is -2.49. The van der Waals surface area contributed by atoms with Crippen molar-refractivity contribution in [2.45, 2.75) is 65.1 Å². The highest BCUT2D eigenvalue weighted by Gasteiger charge is 2.48. The monoisotopic (exact) mass is 400 g/mol. The van der Waals surface area contributed by atoms with Gasteiger partial charge in [0.15, 0.2) is 0 Å². The summed E-state index contributed by atoms with van der Waals surface area (Å²) in [6, 6.07) is 9.34. The molecule has 2 atom stereocenters. The standard InChI is InChI=1S/C23H32N2O4/c1-4-23(2,3)20(26)22(28)25-18-11-8-12-19(25)21(27)24(15-18)13-14-29-16-17-9-6-5-7-10-17/h5-7,9-10,18-19H,4,8,11-16H2,1-3H3. The first-order valence-electron chi connectivity index (χ1n) is 10.6. The van der Waals surface area contributed by atoms with Crippen molar-refractivity contribution in [1.82, 2.24) is 9.80 Å². The zero-order chi connectivity index (χ0) is 21.0. The van der Waals surface area contributed by atoms with E-state index in [0.29, 0.717) is 39.1 Å². The van der Waals surface area contributed by atoms with E-state index >= 15 is 0 Å². The number of rotatable bonds is 8. The molecular weight excluding hydrogens is 368 g/mol. The van der Waals surface area contributed by atoms with Crippen LogP contribution in [-0.2, 0) is 25.7 Å². The Labute approximate surface area is 173 Å². The number of ether oxygens (including phenoxy) is 1. The second-order valence-electron chi connectivity index (χ2n) is 8.70. The Morgan fingerprint density at radius 3 is 2.59 bits per heavy atom. The van der Waals surface area contributed by atoms with E-state index in [9.17, 15) is 14.4 Å². The summed E-state index contributed by atoms with van der Waals surface area (Å²) in [5.74, 6) is -0.927. The Balaban J connectivity index is 1.60. The van der Waals surface area contributed by atoms with E-state index in [2.05, 4.69) is 0 Å². The van der Waals surface area contributed by atoms with Crippen LogP contribution in [0.2, 0.25) is 0 Å². The van der Waals surface area contributed by atoms with Gasteiger partial charge in [0, 0.05) is 18.5 Å². The van der Waals surface area contributed by atoms with Crippen LogP contribution in [0.5, 0.6) is 0 Å². The number of carbonyl (C=O) groups is 3. The molecule has 0 aliphatic carbocycles. The van der Waals surface area contributed by atoms with Crippen LogP contribution >= 0.6 is 0 Å². The van der Waals surface area contributed by atoms with E-state index in [0.717, 1.165) is 18.4 Å². The number of likely N-dealkylation sites (tertiary alicyclic amines) is 1. The van der Waals surface area contributed by atoms with Crippen LogP contribution in [0.15, 0.2) is 30.3 Å². The number of hydrogen-bond donors (Lipinski definition) is 0. The van der Waals surface area contributed by atoms with Crippen LogP contribution in [0.25, 0.3) is 0 Å². The zero-order valence-electron chi connectivity index (χ0n) is 17.7. The Morgan fingerprint density at radius 2 is 1.90 bits per heavy atom. The summed E-state index contributed by atoms with van der Waals surface area (Å²) in [7, 11) is 0. The van der Waals surface area contributed by atoms with Gasteiger partial charge in [-0.2, -0.15) is 0 Å². The van der Waals surface area contributed by atoms with Crippen molar-refractivity contribution >= 4 is 17.6 Å². The van der Waals surface area contributed by atoms with Crippen LogP contribution < -0.4 is 0 Å². The molecule has 3 rings (SSSR count). The summed E-state index contributed by atoms with van der Waals surface area (Å²) in [5, 5.41) is 0. The summed E-state index contributed by atoms with van der Waals surface area (Å²) >= 11 is 0. The van der Waals surface area contributed by atoms with E-state index in [1.54, 1.807) is 23.6 Å². The van der Waals surface area contributed by atoms with Crippen LogP contribution in [0.1, 0.15) is 52.0 Å². The van der Waals surface area contributed by atoms with Crippen molar-refractivity contribution in [3.63, 3.8) is 0 Å². The lowest BCUT2D eigenvalue weighted by molar-refractivity contribution is -0.165. The number of ketones is 1. The number of Topliss-reactive ketones (excluding diaryl/α,β-unsaturated/α-hetero) is 1. The van der Waals surface area contributed by atoms with E-state index in [-0.39, 0.29) is 17.7 Å². The maximum absolute atomic E-state index is 13.0. The summed E-state index contributed by atoms with van der Waals surface area (Å²) in [6.07, 6.45) is 2.97. The van der Waals surface area contributed by atoms with Gasteiger partial charge in [0.2, 0.25) is 11.7 Å². The Morgan fingerprint density at radius 1 is 1.17 bits per heavy atom. The third-order valence-corrected chi connectivity index (χ3v) is 6.32. The molecule has 0 N–H and O–H groups in total. The van der Waals surface area contributed by atoms with Gasteiger partial charge in [0.05, 0.1) is 19.3 Å². The average Bonchev–Trinajstić information content (AvgIpc) is 2.74. The molecule has 2 bridgehead atoms. The second-order valence-corrected chi connectivity index (χ2v) is 8.70. The van der Waals surface area contributed by atoms with Crippen LogP contribution in [0.4, 0.5) is 0 Å². The van der Waals surface area contributed by atoms with Crippen LogP contribution in [0, 0.1) is 5.41 Å². The van der Waals surface area contributed by atoms with Crippen molar-refractivity contribution in [1.29, 1.82) is 0 Å². The highest BCUT2D eigenvalue weighted by Crippen LogP contribution is 2.32. The zero-order valence-corrected chi connectivity index (χ0v) is 17.7. The number of fused-ring (bicyclic) bond motifs is 2. The van der Waals surface area contributed by atoms with Gasteiger partial charge < -0.3 is 14.5 Å². The van der Waals surface area contributed by atoms with Crippen molar-refractivity contribution in [2.24, 2.45) is 5.41 Å². The maximum Gasteiger partial charge on any atom is 0.291 e. The van der Waals surface area contributed by atoms with E-state index < -0.39 is 17.4 Å². The van der Waals surface area contributed by atoms with Crippen LogP contribution in [-0.4, -0.2) is 59.2 Å². The minimum Gasteiger partial charge on any atom is -0.375 e. The van der Waals surface area contributed by atoms with Crippen molar-refractivity contribution in [2.75, 3.05) is 19.7 Å². The molecule has 0 saturated carbocycles. The van der Waals surface area contributed by atoms with Gasteiger partial charge in [-0.1, -0.05) is 51.1 Å². The van der Waals surface area contributed by atoms with Gasteiger partial charge in [-0.05, 0) is 31.2 Å². The first-order chi connectivity index (χ1) is 13.8. The first kappa shape index (κ1) is 21.5. The van der Waals surface area contributed by atoms with Crippen molar-refractivity contribution in [3.8, 4) is 0 Å². The molecule has 0 aromatic heterocycles. The third kappa shape index (κ3) is 4.69. The molecule has 2 amide bonds. The Hall–Kier alpha value is -2.21. The molecular formula is C23H32N2O4. The van der Waals surface area contributed by atoms with Crippen molar-refractivity contribution < 1.29 is 19.1 Å². The second kappa shape index (κ2) is 9.08. The molecule has 0 spiro atoms. The smallest absolute Gasteiger partial charge is 0.291 e. The predicted molar refractivity (Wildman–Crippen MR) is 110 cm³/mol. The van der Waals surface area contributed by atoms with E-state index in [1.165, 1.54) is 0 Å². The van der Waals surface area contributed by atoms with Crippen LogP contribution in [0.3, 0.4) is 0 Å². The normalized spacial score (nSPS) is 22.0. The minimum atomic E-state index is -0.698. The largest absolute Gasteiger partial charge is 0.375 e. The number of carbonyl (C=O) groups excluding carboxylic acids is 3. The summed E-state index contributed by atoms with van der Waals surface area (Å²) in [5.41, 5.74) is 0.403. The predicted octanol–water partition coefficient (Wildman–Crippen LogP) is 2.80. The van der Waals surface area contributed by atoms with E-state index in [1.807, 2.05) is 37.3 Å². The quantitative estimate of drug-likeness (QED) is 0.497. The van der Waals surface area contributed by atoms with Gasteiger partial charge in [-0.15, -0.1) is 0 Å². The third-order valence-electron chi connectivity index (χ3n) is 6.32. The molecule has 2 saturated heterocycles. The number of amides is 2. The first-order valence-corrected chi connectivity index (χ1v) is 10.6. The Bertz CT molecular complexity index is 747. The molecule has 2 heterocycles. The fraction of sp³-hybridized carbons (Fsp3) is 0.609.